The molecule has 1 aliphatic heterocycles. The molecule has 1 unspecified atom stereocenters. The molecule has 0 aliphatic carbocycles. The molecule has 1 saturated heterocycles. The first-order valence-corrected chi connectivity index (χ1v) is 6.81. The first-order valence-electron chi connectivity index (χ1n) is 6.81. The van der Waals surface area contributed by atoms with E-state index in [1.165, 1.54) is 12.1 Å². The summed E-state index contributed by atoms with van der Waals surface area (Å²) in [5.74, 6) is 0.359. The number of aromatic nitrogens is 1. The van der Waals surface area contributed by atoms with Gasteiger partial charge in [0.05, 0.1) is 6.61 Å². The summed E-state index contributed by atoms with van der Waals surface area (Å²) in [4.78, 5) is 3.98. The molecule has 0 bridgehead atoms. The molecule has 0 N–H and O–H groups in total. The fourth-order valence-electron chi connectivity index (χ4n) is 2.31. The third-order valence-corrected chi connectivity index (χ3v) is 3.33. The molecule has 20 heavy (non-hydrogen) atoms. The monoisotopic (exact) mass is 273 g/mol. The Balaban J connectivity index is 1.90. The van der Waals surface area contributed by atoms with Gasteiger partial charge in [-0.2, -0.15) is 0 Å². The Bertz CT molecular complexity index is 568. The third kappa shape index (κ3) is 2.96. The summed E-state index contributed by atoms with van der Waals surface area (Å²) < 4.78 is 25.0. The highest BCUT2D eigenvalue weighted by Crippen LogP contribution is 2.32. The normalized spacial score (nSPS) is 18.8. The van der Waals surface area contributed by atoms with Crippen molar-refractivity contribution in [1.29, 1.82) is 0 Å². The largest absolute Gasteiger partial charge is 0.464 e. The Labute approximate surface area is 117 Å². The summed E-state index contributed by atoms with van der Waals surface area (Å²) in [6.07, 6.45) is 6.15. The Hall–Kier alpha value is -1.94. The molecule has 1 fully saturated rings. The van der Waals surface area contributed by atoms with E-state index in [0.29, 0.717) is 5.75 Å². The minimum absolute atomic E-state index is 0.241. The molecule has 2 aromatic rings. The van der Waals surface area contributed by atoms with Crippen molar-refractivity contribution >= 4 is 0 Å². The van der Waals surface area contributed by atoms with Crippen molar-refractivity contribution in [1.82, 2.24) is 4.98 Å². The van der Waals surface area contributed by atoms with Crippen LogP contribution in [0.1, 0.15) is 19.3 Å². The highest BCUT2D eigenvalue weighted by Gasteiger charge is 2.17. The smallest absolute Gasteiger partial charge is 0.199 e. The van der Waals surface area contributed by atoms with E-state index in [1.807, 2.05) is 12.1 Å². The van der Waals surface area contributed by atoms with Crippen molar-refractivity contribution in [3.63, 3.8) is 0 Å². The number of rotatable bonds is 3. The van der Waals surface area contributed by atoms with Crippen LogP contribution in [0.3, 0.4) is 0 Å². The van der Waals surface area contributed by atoms with Crippen LogP contribution in [0.15, 0.2) is 42.7 Å². The molecule has 0 spiro atoms. The summed E-state index contributed by atoms with van der Waals surface area (Å²) in [5, 5.41) is 0. The minimum atomic E-state index is -0.284. The lowest BCUT2D eigenvalue weighted by molar-refractivity contribution is -0.105. The van der Waals surface area contributed by atoms with Crippen LogP contribution in [0, 0.1) is 5.82 Å². The van der Waals surface area contributed by atoms with E-state index in [0.717, 1.165) is 37.0 Å². The average molecular weight is 273 g/mol. The predicted octanol–water partition coefficient (Wildman–Crippen LogP) is 3.79. The molecular weight excluding hydrogens is 257 g/mol. The summed E-state index contributed by atoms with van der Waals surface area (Å²) in [6.45, 7) is 0.719. The second-order valence-electron chi connectivity index (χ2n) is 4.79. The molecule has 3 rings (SSSR count). The Morgan fingerprint density at radius 3 is 2.75 bits per heavy atom. The maximum absolute atomic E-state index is 13.5. The lowest BCUT2D eigenvalue weighted by atomic mass is 10.1. The number of ether oxygens (including phenoxy) is 2. The van der Waals surface area contributed by atoms with Crippen molar-refractivity contribution in [3.8, 4) is 16.9 Å². The van der Waals surface area contributed by atoms with Crippen molar-refractivity contribution in [2.24, 2.45) is 0 Å². The standard InChI is InChI=1S/C16H16FNO2/c17-13-4-5-15(20-16-3-1-2-10-19-16)14(11-13)12-6-8-18-9-7-12/h4-9,11,16H,1-3,10H2. The van der Waals surface area contributed by atoms with Crippen LogP contribution in [0.4, 0.5) is 4.39 Å². The topological polar surface area (TPSA) is 31.4 Å². The molecule has 4 heteroatoms. The van der Waals surface area contributed by atoms with E-state index < -0.39 is 0 Å². The first kappa shape index (κ1) is 13.1. The van der Waals surface area contributed by atoms with Gasteiger partial charge in [-0.3, -0.25) is 4.98 Å². The molecule has 0 radical (unpaired) electrons. The third-order valence-electron chi connectivity index (χ3n) is 3.33. The van der Waals surface area contributed by atoms with Gasteiger partial charge in [0.15, 0.2) is 6.29 Å². The lowest BCUT2D eigenvalue weighted by Gasteiger charge is -2.24. The summed E-state index contributed by atoms with van der Waals surface area (Å²) in [6, 6.07) is 8.21. The quantitative estimate of drug-likeness (QED) is 0.852. The number of hydrogen-bond donors (Lipinski definition) is 0. The maximum Gasteiger partial charge on any atom is 0.199 e. The molecule has 2 heterocycles. The van der Waals surface area contributed by atoms with Gasteiger partial charge >= 0.3 is 0 Å². The zero-order valence-corrected chi connectivity index (χ0v) is 11.1. The minimum Gasteiger partial charge on any atom is -0.464 e. The fraction of sp³-hybridized carbons (Fsp3) is 0.312. The van der Waals surface area contributed by atoms with Crippen LogP contribution in [-0.2, 0) is 4.74 Å². The molecule has 1 aliphatic rings. The van der Waals surface area contributed by atoms with Gasteiger partial charge in [-0.15, -0.1) is 0 Å². The van der Waals surface area contributed by atoms with E-state index in [4.69, 9.17) is 9.47 Å². The van der Waals surface area contributed by atoms with Crippen LogP contribution in [0.2, 0.25) is 0 Å². The van der Waals surface area contributed by atoms with Crippen molar-refractivity contribution in [2.75, 3.05) is 6.61 Å². The van der Waals surface area contributed by atoms with Crippen molar-refractivity contribution in [3.05, 3.63) is 48.5 Å². The molecule has 3 nitrogen and oxygen atoms in total. The number of halogens is 1. The van der Waals surface area contributed by atoms with Crippen LogP contribution in [0.5, 0.6) is 5.75 Å². The summed E-state index contributed by atoms with van der Waals surface area (Å²) in [5.41, 5.74) is 1.60. The lowest BCUT2D eigenvalue weighted by Crippen LogP contribution is -2.25. The van der Waals surface area contributed by atoms with Gasteiger partial charge in [-0.25, -0.2) is 4.39 Å². The van der Waals surface area contributed by atoms with E-state index in [2.05, 4.69) is 4.98 Å². The average Bonchev–Trinajstić information content (AvgIpc) is 2.51. The van der Waals surface area contributed by atoms with Gasteiger partial charge in [-0.1, -0.05) is 0 Å². The maximum atomic E-state index is 13.5. The van der Waals surface area contributed by atoms with E-state index >= 15 is 0 Å². The second kappa shape index (κ2) is 6.01. The Kier molecular flexibility index (Phi) is 3.92. The number of benzene rings is 1. The molecule has 1 aromatic heterocycles. The molecule has 0 amide bonds. The second-order valence-corrected chi connectivity index (χ2v) is 4.79. The fourth-order valence-corrected chi connectivity index (χ4v) is 2.31. The number of nitrogens with zero attached hydrogens (tertiary/aromatic N) is 1. The summed E-state index contributed by atoms with van der Waals surface area (Å²) in [7, 11) is 0. The van der Waals surface area contributed by atoms with Gasteiger partial charge in [0.1, 0.15) is 11.6 Å². The Morgan fingerprint density at radius 2 is 2.00 bits per heavy atom. The van der Waals surface area contributed by atoms with E-state index in [1.54, 1.807) is 18.5 Å². The zero-order chi connectivity index (χ0) is 13.8. The van der Waals surface area contributed by atoms with Crippen molar-refractivity contribution in [2.45, 2.75) is 25.6 Å². The molecule has 104 valence electrons. The SMILES string of the molecule is Fc1ccc(OC2CCCCO2)c(-c2ccncc2)c1. The van der Waals surface area contributed by atoms with Gasteiger partial charge in [0, 0.05) is 24.4 Å². The van der Waals surface area contributed by atoms with Crippen LogP contribution in [-0.4, -0.2) is 17.9 Å². The molecule has 1 atom stereocenters. The van der Waals surface area contributed by atoms with E-state index in [9.17, 15) is 4.39 Å². The van der Waals surface area contributed by atoms with Gasteiger partial charge < -0.3 is 9.47 Å². The van der Waals surface area contributed by atoms with Crippen molar-refractivity contribution < 1.29 is 13.9 Å². The van der Waals surface area contributed by atoms with Gasteiger partial charge in [0.2, 0.25) is 0 Å². The van der Waals surface area contributed by atoms with Crippen LogP contribution < -0.4 is 4.74 Å². The zero-order valence-electron chi connectivity index (χ0n) is 11.1. The predicted molar refractivity (Wildman–Crippen MR) is 73.9 cm³/mol. The number of pyridine rings is 1. The Morgan fingerprint density at radius 1 is 1.15 bits per heavy atom. The highest BCUT2D eigenvalue weighted by molar-refractivity contribution is 5.70. The van der Waals surface area contributed by atoms with E-state index in [-0.39, 0.29) is 12.1 Å². The number of hydrogen-bond acceptors (Lipinski definition) is 3. The van der Waals surface area contributed by atoms with Gasteiger partial charge in [0.25, 0.3) is 0 Å². The molecule has 0 saturated carbocycles. The molecular formula is C16H16FNO2. The van der Waals surface area contributed by atoms with Gasteiger partial charge in [-0.05, 0) is 48.7 Å². The van der Waals surface area contributed by atoms with Crippen LogP contribution >= 0.6 is 0 Å². The molecule has 1 aromatic carbocycles. The van der Waals surface area contributed by atoms with Crippen LogP contribution in [0.25, 0.3) is 11.1 Å². The highest BCUT2D eigenvalue weighted by atomic mass is 19.1. The summed E-state index contributed by atoms with van der Waals surface area (Å²) >= 11 is 0. The first-order chi connectivity index (χ1) is 9.83.